The normalized spacial score (nSPS) is 10.6. The van der Waals surface area contributed by atoms with Gasteiger partial charge in [-0.05, 0) is 25.1 Å². The van der Waals surface area contributed by atoms with Gasteiger partial charge in [-0.2, -0.15) is 0 Å². The SMILES string of the molecule is COc1cccc(F)c1-c1csc(CCCN)n1. The van der Waals surface area contributed by atoms with Crippen molar-refractivity contribution in [1.29, 1.82) is 0 Å². The third kappa shape index (κ3) is 2.68. The van der Waals surface area contributed by atoms with Crippen LogP contribution >= 0.6 is 11.3 Å². The van der Waals surface area contributed by atoms with Crippen LogP contribution in [0.3, 0.4) is 0 Å². The van der Waals surface area contributed by atoms with Crippen molar-refractivity contribution >= 4 is 11.3 Å². The Morgan fingerprint density at radius 2 is 2.28 bits per heavy atom. The first-order valence-corrected chi connectivity index (χ1v) is 6.61. The highest BCUT2D eigenvalue weighted by atomic mass is 32.1. The predicted molar refractivity (Wildman–Crippen MR) is 71.4 cm³/mol. The fourth-order valence-corrected chi connectivity index (χ4v) is 2.55. The van der Waals surface area contributed by atoms with Crippen molar-refractivity contribution in [1.82, 2.24) is 4.98 Å². The molecule has 96 valence electrons. The molecular formula is C13H15FN2OS. The van der Waals surface area contributed by atoms with Gasteiger partial charge >= 0.3 is 0 Å². The van der Waals surface area contributed by atoms with Crippen LogP contribution in [-0.2, 0) is 6.42 Å². The summed E-state index contributed by atoms with van der Waals surface area (Å²) in [5.74, 6) is 0.190. The van der Waals surface area contributed by atoms with E-state index in [1.54, 1.807) is 12.1 Å². The summed E-state index contributed by atoms with van der Waals surface area (Å²) in [5, 5.41) is 2.83. The standard InChI is InChI=1S/C13H15FN2OS/c1-17-11-5-2-4-9(14)13(11)10-8-18-12(16-10)6-3-7-15/h2,4-5,8H,3,6-7,15H2,1H3. The molecule has 0 aliphatic carbocycles. The fourth-order valence-electron chi connectivity index (χ4n) is 1.72. The number of hydrogen-bond donors (Lipinski definition) is 1. The Bertz CT molecular complexity index is 527. The van der Waals surface area contributed by atoms with Crippen LogP contribution in [0.4, 0.5) is 4.39 Å². The molecule has 2 N–H and O–H groups in total. The van der Waals surface area contributed by atoms with E-state index in [1.165, 1.54) is 24.5 Å². The van der Waals surface area contributed by atoms with Gasteiger partial charge in [-0.25, -0.2) is 9.37 Å². The zero-order valence-electron chi connectivity index (χ0n) is 10.1. The van der Waals surface area contributed by atoms with E-state index in [2.05, 4.69) is 4.98 Å². The van der Waals surface area contributed by atoms with Crippen LogP contribution in [0, 0.1) is 5.82 Å². The molecular weight excluding hydrogens is 251 g/mol. The van der Waals surface area contributed by atoms with Gasteiger partial charge < -0.3 is 10.5 Å². The first-order valence-electron chi connectivity index (χ1n) is 5.73. The number of hydrogen-bond acceptors (Lipinski definition) is 4. The molecule has 0 fully saturated rings. The molecule has 0 radical (unpaired) electrons. The van der Waals surface area contributed by atoms with E-state index in [9.17, 15) is 4.39 Å². The summed E-state index contributed by atoms with van der Waals surface area (Å²) < 4.78 is 19.0. The number of nitrogens with two attached hydrogens (primary N) is 1. The van der Waals surface area contributed by atoms with Gasteiger partial charge in [-0.1, -0.05) is 6.07 Å². The number of rotatable bonds is 5. The van der Waals surface area contributed by atoms with Crippen LogP contribution in [0.1, 0.15) is 11.4 Å². The average molecular weight is 266 g/mol. The second kappa shape index (κ2) is 5.93. The summed E-state index contributed by atoms with van der Waals surface area (Å²) in [7, 11) is 1.53. The number of thiazole rings is 1. The van der Waals surface area contributed by atoms with Crippen molar-refractivity contribution in [2.45, 2.75) is 12.8 Å². The summed E-state index contributed by atoms with van der Waals surface area (Å²) in [6, 6.07) is 4.77. The van der Waals surface area contributed by atoms with Crippen LogP contribution in [-0.4, -0.2) is 18.6 Å². The number of aryl methyl sites for hydroxylation is 1. The van der Waals surface area contributed by atoms with E-state index in [0.717, 1.165) is 17.8 Å². The third-order valence-electron chi connectivity index (χ3n) is 2.60. The van der Waals surface area contributed by atoms with Gasteiger partial charge in [0, 0.05) is 11.8 Å². The van der Waals surface area contributed by atoms with Gasteiger partial charge in [-0.3, -0.25) is 0 Å². The minimum Gasteiger partial charge on any atom is -0.496 e. The Balaban J connectivity index is 2.33. The maximum absolute atomic E-state index is 13.8. The molecule has 1 aromatic heterocycles. The highest BCUT2D eigenvalue weighted by molar-refractivity contribution is 7.09. The topological polar surface area (TPSA) is 48.1 Å². The van der Waals surface area contributed by atoms with Gasteiger partial charge in [0.1, 0.15) is 11.6 Å². The molecule has 1 heterocycles. The van der Waals surface area contributed by atoms with Crippen LogP contribution in [0.25, 0.3) is 11.3 Å². The lowest BCUT2D eigenvalue weighted by atomic mass is 10.1. The van der Waals surface area contributed by atoms with E-state index < -0.39 is 0 Å². The van der Waals surface area contributed by atoms with Crippen molar-refractivity contribution in [3.05, 3.63) is 34.4 Å². The molecule has 1 aromatic carbocycles. The minimum atomic E-state index is -0.315. The van der Waals surface area contributed by atoms with Gasteiger partial charge in [0.2, 0.25) is 0 Å². The molecule has 0 saturated carbocycles. The van der Waals surface area contributed by atoms with Crippen molar-refractivity contribution < 1.29 is 9.13 Å². The van der Waals surface area contributed by atoms with Gasteiger partial charge in [-0.15, -0.1) is 11.3 Å². The first kappa shape index (κ1) is 13.0. The summed E-state index contributed by atoms with van der Waals surface area (Å²) in [6.07, 6.45) is 1.72. The van der Waals surface area contributed by atoms with E-state index in [-0.39, 0.29) is 5.82 Å². The Morgan fingerprint density at radius 3 is 3.00 bits per heavy atom. The van der Waals surface area contributed by atoms with Crippen LogP contribution in [0.2, 0.25) is 0 Å². The van der Waals surface area contributed by atoms with E-state index in [0.29, 0.717) is 23.6 Å². The Kier molecular flexibility index (Phi) is 4.28. The zero-order chi connectivity index (χ0) is 13.0. The molecule has 0 aliphatic heterocycles. The Labute approximate surface area is 109 Å². The molecule has 0 atom stereocenters. The molecule has 0 bridgehead atoms. The minimum absolute atomic E-state index is 0.315. The second-order valence-corrected chi connectivity index (χ2v) is 4.78. The summed E-state index contributed by atoms with van der Waals surface area (Å²) >= 11 is 1.52. The highest BCUT2D eigenvalue weighted by Gasteiger charge is 2.14. The monoisotopic (exact) mass is 266 g/mol. The molecule has 0 amide bonds. The smallest absolute Gasteiger partial charge is 0.136 e. The molecule has 0 aliphatic rings. The van der Waals surface area contributed by atoms with Gasteiger partial charge in [0.25, 0.3) is 0 Å². The number of methoxy groups -OCH3 is 1. The van der Waals surface area contributed by atoms with Crippen molar-refractivity contribution in [3.8, 4) is 17.0 Å². The predicted octanol–water partition coefficient (Wildman–Crippen LogP) is 2.85. The number of benzene rings is 1. The average Bonchev–Trinajstić information content (AvgIpc) is 2.84. The third-order valence-corrected chi connectivity index (χ3v) is 3.51. The first-order chi connectivity index (χ1) is 8.76. The maximum atomic E-state index is 13.8. The lowest BCUT2D eigenvalue weighted by Crippen LogP contribution is -2.00. The van der Waals surface area contributed by atoms with E-state index in [4.69, 9.17) is 10.5 Å². The van der Waals surface area contributed by atoms with Gasteiger partial charge in [0.05, 0.1) is 23.4 Å². The summed E-state index contributed by atoms with van der Waals surface area (Å²) in [6.45, 7) is 0.637. The molecule has 3 nitrogen and oxygen atoms in total. The second-order valence-electron chi connectivity index (χ2n) is 3.84. The molecule has 0 unspecified atom stereocenters. The maximum Gasteiger partial charge on any atom is 0.136 e. The molecule has 2 aromatic rings. The lowest BCUT2D eigenvalue weighted by Gasteiger charge is -2.06. The Morgan fingerprint density at radius 1 is 1.44 bits per heavy atom. The number of ether oxygens (including phenoxy) is 1. The number of aromatic nitrogens is 1. The van der Waals surface area contributed by atoms with E-state index >= 15 is 0 Å². The summed E-state index contributed by atoms with van der Waals surface area (Å²) in [5.41, 5.74) is 6.51. The quantitative estimate of drug-likeness (QED) is 0.905. The van der Waals surface area contributed by atoms with Crippen molar-refractivity contribution in [3.63, 3.8) is 0 Å². The van der Waals surface area contributed by atoms with Crippen LogP contribution in [0.15, 0.2) is 23.6 Å². The molecule has 5 heteroatoms. The summed E-state index contributed by atoms with van der Waals surface area (Å²) in [4.78, 5) is 4.43. The fraction of sp³-hybridized carbons (Fsp3) is 0.308. The molecule has 0 spiro atoms. The molecule has 18 heavy (non-hydrogen) atoms. The van der Waals surface area contributed by atoms with E-state index in [1.807, 2.05) is 5.38 Å². The molecule has 2 rings (SSSR count). The number of nitrogens with zero attached hydrogens (tertiary/aromatic N) is 1. The number of halogens is 1. The van der Waals surface area contributed by atoms with Crippen molar-refractivity contribution in [2.24, 2.45) is 5.73 Å². The van der Waals surface area contributed by atoms with Crippen LogP contribution < -0.4 is 10.5 Å². The van der Waals surface area contributed by atoms with Gasteiger partial charge in [0.15, 0.2) is 0 Å². The highest BCUT2D eigenvalue weighted by Crippen LogP contribution is 2.33. The largest absolute Gasteiger partial charge is 0.496 e. The lowest BCUT2D eigenvalue weighted by molar-refractivity contribution is 0.413. The van der Waals surface area contributed by atoms with Crippen molar-refractivity contribution in [2.75, 3.05) is 13.7 Å². The zero-order valence-corrected chi connectivity index (χ0v) is 11.0. The Hall–Kier alpha value is -1.46. The molecule has 0 saturated heterocycles. The van der Waals surface area contributed by atoms with Crippen LogP contribution in [0.5, 0.6) is 5.75 Å².